The Labute approximate surface area is 124 Å². The van der Waals surface area contributed by atoms with Crippen molar-refractivity contribution in [3.63, 3.8) is 0 Å². The summed E-state index contributed by atoms with van der Waals surface area (Å²) in [5, 5.41) is 7.13. The van der Waals surface area contributed by atoms with E-state index in [9.17, 15) is 4.79 Å². The summed E-state index contributed by atoms with van der Waals surface area (Å²) in [6.07, 6.45) is 4.09. The molecule has 1 amide bonds. The molecule has 2 aliphatic rings. The van der Waals surface area contributed by atoms with Gasteiger partial charge in [-0.05, 0) is 39.2 Å². The number of rotatable bonds is 4. The van der Waals surface area contributed by atoms with Crippen molar-refractivity contribution in [2.24, 2.45) is 0 Å². The molecule has 1 N–H and O–H groups in total. The third kappa shape index (κ3) is 3.24. The van der Waals surface area contributed by atoms with Gasteiger partial charge in [0.2, 0.25) is 5.89 Å². The number of hydrogen-bond donors (Lipinski definition) is 1. The van der Waals surface area contributed by atoms with Crippen LogP contribution in [0.2, 0.25) is 0 Å². The Kier molecular flexibility index (Phi) is 4.50. The van der Waals surface area contributed by atoms with Gasteiger partial charge in [0.25, 0.3) is 11.7 Å². The molecule has 1 unspecified atom stereocenters. The fraction of sp³-hybridized carbons (Fsp3) is 0.786. The lowest BCUT2D eigenvalue weighted by Gasteiger charge is -2.30. The van der Waals surface area contributed by atoms with Crippen LogP contribution >= 0.6 is 0 Å². The number of nitrogens with zero attached hydrogens (tertiary/aromatic N) is 3. The maximum atomic E-state index is 12.4. The Morgan fingerprint density at radius 1 is 1.43 bits per heavy atom. The van der Waals surface area contributed by atoms with Gasteiger partial charge in [0.15, 0.2) is 0 Å². The van der Waals surface area contributed by atoms with Crippen LogP contribution in [0.15, 0.2) is 4.52 Å². The molecule has 0 bridgehead atoms. The van der Waals surface area contributed by atoms with Crippen LogP contribution in [0.1, 0.15) is 55.2 Å². The van der Waals surface area contributed by atoms with Crippen molar-refractivity contribution in [1.29, 1.82) is 0 Å². The molecule has 3 heterocycles. The molecule has 7 heteroatoms. The van der Waals surface area contributed by atoms with E-state index in [2.05, 4.69) is 15.5 Å². The Morgan fingerprint density at radius 3 is 2.90 bits per heavy atom. The first-order valence-corrected chi connectivity index (χ1v) is 7.75. The average molecular weight is 294 g/mol. The summed E-state index contributed by atoms with van der Waals surface area (Å²) in [6.45, 7) is 5.06. The van der Waals surface area contributed by atoms with Gasteiger partial charge in [-0.3, -0.25) is 4.79 Å². The van der Waals surface area contributed by atoms with Gasteiger partial charge in [0.05, 0.1) is 12.1 Å². The van der Waals surface area contributed by atoms with Crippen LogP contribution in [0, 0.1) is 0 Å². The summed E-state index contributed by atoms with van der Waals surface area (Å²) in [5.41, 5.74) is 0. The van der Waals surface area contributed by atoms with E-state index in [4.69, 9.17) is 9.26 Å². The second kappa shape index (κ2) is 6.53. The Balaban J connectivity index is 1.58. The molecule has 21 heavy (non-hydrogen) atoms. The van der Waals surface area contributed by atoms with E-state index >= 15 is 0 Å². The van der Waals surface area contributed by atoms with Crippen molar-refractivity contribution < 1.29 is 14.1 Å². The summed E-state index contributed by atoms with van der Waals surface area (Å²) in [7, 11) is 0. The second-order valence-electron chi connectivity index (χ2n) is 5.55. The molecule has 1 aromatic rings. The predicted molar refractivity (Wildman–Crippen MR) is 74.8 cm³/mol. The minimum absolute atomic E-state index is 0.0998. The summed E-state index contributed by atoms with van der Waals surface area (Å²) < 4.78 is 10.8. The molecule has 2 fully saturated rings. The lowest BCUT2D eigenvalue weighted by Crippen LogP contribution is -2.41. The van der Waals surface area contributed by atoms with Gasteiger partial charge in [-0.2, -0.15) is 4.98 Å². The topological polar surface area (TPSA) is 80.5 Å². The number of carbonyl (C=O) groups is 1. The highest BCUT2D eigenvalue weighted by molar-refractivity contribution is 5.90. The van der Waals surface area contributed by atoms with Crippen LogP contribution in [0.25, 0.3) is 0 Å². The summed E-state index contributed by atoms with van der Waals surface area (Å²) >= 11 is 0. The van der Waals surface area contributed by atoms with Gasteiger partial charge in [-0.25, -0.2) is 0 Å². The molecule has 0 aliphatic carbocycles. The first kappa shape index (κ1) is 14.5. The maximum Gasteiger partial charge on any atom is 0.295 e. The standard InChI is InChI=1S/C14H22N4O3/c1-2-20-10-5-8-18(9-6-10)14(19)12-16-13(21-17-12)11-4-3-7-15-11/h10-11,15H,2-9H2,1H3. The van der Waals surface area contributed by atoms with Crippen LogP contribution in [0.4, 0.5) is 0 Å². The number of nitrogens with one attached hydrogen (secondary N) is 1. The molecule has 0 spiro atoms. The van der Waals surface area contributed by atoms with Crippen LogP contribution in [-0.2, 0) is 4.74 Å². The minimum atomic E-state index is -0.141. The van der Waals surface area contributed by atoms with E-state index in [-0.39, 0.29) is 23.9 Å². The lowest BCUT2D eigenvalue weighted by molar-refractivity contribution is 0.0141. The van der Waals surface area contributed by atoms with Crippen LogP contribution in [0.5, 0.6) is 0 Å². The molecule has 1 aromatic heterocycles. The zero-order valence-corrected chi connectivity index (χ0v) is 12.4. The van der Waals surface area contributed by atoms with Gasteiger partial charge in [0, 0.05) is 19.7 Å². The van der Waals surface area contributed by atoms with Crippen molar-refractivity contribution in [2.45, 2.75) is 44.8 Å². The molecule has 116 valence electrons. The number of amides is 1. The van der Waals surface area contributed by atoms with Crippen molar-refractivity contribution in [3.05, 3.63) is 11.7 Å². The number of likely N-dealkylation sites (tertiary alicyclic amines) is 1. The van der Waals surface area contributed by atoms with E-state index in [0.29, 0.717) is 19.0 Å². The van der Waals surface area contributed by atoms with Gasteiger partial charge >= 0.3 is 0 Å². The monoisotopic (exact) mass is 294 g/mol. The van der Waals surface area contributed by atoms with Crippen molar-refractivity contribution in [1.82, 2.24) is 20.4 Å². The first-order valence-electron chi connectivity index (χ1n) is 7.75. The second-order valence-corrected chi connectivity index (χ2v) is 5.55. The van der Waals surface area contributed by atoms with Crippen molar-refractivity contribution in [3.8, 4) is 0 Å². The molecule has 1 atom stereocenters. The zero-order chi connectivity index (χ0) is 14.7. The highest BCUT2D eigenvalue weighted by Crippen LogP contribution is 2.22. The van der Waals surface area contributed by atoms with Crippen LogP contribution in [-0.4, -0.2) is 53.3 Å². The minimum Gasteiger partial charge on any atom is -0.378 e. The van der Waals surface area contributed by atoms with Gasteiger partial charge in [0.1, 0.15) is 0 Å². The van der Waals surface area contributed by atoms with Gasteiger partial charge < -0.3 is 19.5 Å². The highest BCUT2D eigenvalue weighted by Gasteiger charge is 2.29. The molecule has 0 aromatic carbocycles. The van der Waals surface area contributed by atoms with E-state index in [0.717, 1.165) is 38.8 Å². The largest absolute Gasteiger partial charge is 0.378 e. The number of hydrogen-bond acceptors (Lipinski definition) is 6. The van der Waals surface area contributed by atoms with Gasteiger partial charge in [-0.1, -0.05) is 5.16 Å². The van der Waals surface area contributed by atoms with E-state index < -0.39 is 0 Å². The molecular weight excluding hydrogens is 272 g/mol. The molecule has 7 nitrogen and oxygen atoms in total. The van der Waals surface area contributed by atoms with E-state index in [1.54, 1.807) is 4.90 Å². The molecule has 0 radical (unpaired) electrons. The zero-order valence-electron chi connectivity index (χ0n) is 12.4. The predicted octanol–water partition coefficient (Wildman–Crippen LogP) is 1.14. The Hall–Kier alpha value is -1.47. The normalized spacial score (nSPS) is 23.7. The van der Waals surface area contributed by atoms with E-state index in [1.807, 2.05) is 6.92 Å². The number of aromatic nitrogens is 2. The molecule has 2 aliphatic heterocycles. The molecular formula is C14H22N4O3. The first-order chi connectivity index (χ1) is 10.3. The molecule has 3 rings (SSSR count). The summed E-state index contributed by atoms with van der Waals surface area (Å²) in [4.78, 5) is 18.4. The van der Waals surface area contributed by atoms with Crippen LogP contribution in [0.3, 0.4) is 0 Å². The van der Waals surface area contributed by atoms with Crippen molar-refractivity contribution in [2.75, 3.05) is 26.2 Å². The summed E-state index contributed by atoms with van der Waals surface area (Å²) in [6, 6.07) is 0.0998. The summed E-state index contributed by atoms with van der Waals surface area (Å²) in [5.74, 6) is 0.562. The fourth-order valence-corrected chi connectivity index (χ4v) is 2.96. The average Bonchev–Trinajstić information content (AvgIpc) is 3.19. The van der Waals surface area contributed by atoms with E-state index in [1.165, 1.54) is 0 Å². The van der Waals surface area contributed by atoms with Crippen molar-refractivity contribution >= 4 is 5.91 Å². The smallest absolute Gasteiger partial charge is 0.295 e. The number of piperidine rings is 1. The Morgan fingerprint density at radius 2 is 2.24 bits per heavy atom. The third-order valence-electron chi connectivity index (χ3n) is 4.12. The Bertz CT molecular complexity index is 476. The fourth-order valence-electron chi connectivity index (χ4n) is 2.96. The number of carbonyl (C=O) groups excluding carboxylic acids is 1. The molecule has 0 saturated carbocycles. The molecule has 2 saturated heterocycles. The lowest BCUT2D eigenvalue weighted by atomic mass is 10.1. The third-order valence-corrected chi connectivity index (χ3v) is 4.12. The SMILES string of the molecule is CCOC1CCN(C(=O)c2noc(C3CCCN3)n2)CC1. The number of ether oxygens (including phenoxy) is 1. The maximum absolute atomic E-state index is 12.4. The van der Waals surface area contributed by atoms with Gasteiger partial charge in [-0.15, -0.1) is 0 Å². The highest BCUT2D eigenvalue weighted by atomic mass is 16.5. The van der Waals surface area contributed by atoms with Crippen LogP contribution < -0.4 is 5.32 Å². The quantitative estimate of drug-likeness (QED) is 0.897.